The molecule has 0 fully saturated rings. The second-order valence-electron chi connectivity index (χ2n) is 2.50. The van der Waals surface area contributed by atoms with Gasteiger partial charge in [0.2, 0.25) is 0 Å². The van der Waals surface area contributed by atoms with Crippen molar-refractivity contribution < 1.29 is 9.66 Å². The summed E-state index contributed by atoms with van der Waals surface area (Å²) in [5.41, 5.74) is 0. The van der Waals surface area contributed by atoms with Gasteiger partial charge in [0, 0.05) is 26.8 Å². The van der Waals surface area contributed by atoms with Gasteiger partial charge in [0.1, 0.15) is 0 Å². The van der Waals surface area contributed by atoms with Gasteiger partial charge in [-0.25, -0.2) is 0 Å². The van der Waals surface area contributed by atoms with Crippen LogP contribution in [-0.2, 0) is 11.3 Å². The third-order valence-corrected chi connectivity index (χ3v) is 2.23. The van der Waals surface area contributed by atoms with E-state index in [0.717, 1.165) is 0 Å². The summed E-state index contributed by atoms with van der Waals surface area (Å²) < 4.78 is 6.85. The zero-order valence-electron chi connectivity index (χ0n) is 7.67. The maximum atomic E-state index is 10.3. The summed E-state index contributed by atoms with van der Waals surface area (Å²) in [4.78, 5) is 13.3. The molecule has 0 saturated heterocycles. The molecule has 0 N–H and O–H groups in total. The van der Waals surface area contributed by atoms with Crippen LogP contribution in [0.15, 0.2) is 4.73 Å². The van der Waals surface area contributed by atoms with Crippen molar-refractivity contribution in [3.05, 3.63) is 14.8 Å². The van der Waals surface area contributed by atoms with E-state index in [0.29, 0.717) is 30.2 Å². The maximum Gasteiger partial charge on any atom is 0.492 e. The van der Waals surface area contributed by atoms with E-state index in [2.05, 4.69) is 38.6 Å². The van der Waals surface area contributed by atoms with Gasteiger partial charge in [-0.05, 0) is 9.91 Å². The van der Waals surface area contributed by atoms with Crippen LogP contribution in [0.1, 0.15) is 0 Å². The van der Waals surface area contributed by atoms with Crippen LogP contribution in [0.5, 0.6) is 0 Å². The Morgan fingerprint density at radius 3 is 2.87 bits per heavy atom. The molecule has 0 atom stereocenters. The normalized spacial score (nSPS) is 10.5. The van der Waals surface area contributed by atoms with Crippen molar-refractivity contribution in [2.75, 3.05) is 19.0 Å². The van der Waals surface area contributed by atoms with Crippen molar-refractivity contribution in [1.29, 1.82) is 0 Å². The molecule has 9 heteroatoms. The molecule has 1 rings (SSSR count). The van der Waals surface area contributed by atoms with Crippen LogP contribution in [0.25, 0.3) is 0 Å². The van der Waals surface area contributed by atoms with Crippen molar-refractivity contribution >= 4 is 34.5 Å². The Hall–Kier alpha value is -0.670. The Morgan fingerprint density at radius 2 is 2.33 bits per heavy atom. The van der Waals surface area contributed by atoms with Crippen molar-refractivity contribution in [2.45, 2.75) is 6.54 Å². The minimum atomic E-state index is -0.643. The SMILES string of the molecule is O=[N+]([O-])c1nc(Br)n(CCOCCS)n1. The van der Waals surface area contributed by atoms with Gasteiger partial charge in [0.25, 0.3) is 4.73 Å². The van der Waals surface area contributed by atoms with E-state index in [4.69, 9.17) is 4.74 Å². The molecule has 15 heavy (non-hydrogen) atoms. The molecule has 0 unspecified atom stereocenters. The second-order valence-corrected chi connectivity index (χ2v) is 3.65. The third-order valence-electron chi connectivity index (χ3n) is 1.46. The Kier molecular flexibility index (Phi) is 4.99. The average Bonchev–Trinajstić information content (AvgIpc) is 2.55. The van der Waals surface area contributed by atoms with Gasteiger partial charge in [-0.2, -0.15) is 17.3 Å². The molecule has 0 radical (unpaired) electrons. The highest BCUT2D eigenvalue weighted by molar-refractivity contribution is 9.10. The van der Waals surface area contributed by atoms with Crippen LogP contribution in [0.2, 0.25) is 0 Å². The lowest BCUT2D eigenvalue weighted by Gasteiger charge is -1.99. The summed E-state index contributed by atoms with van der Waals surface area (Å²) in [6.07, 6.45) is 0. The lowest BCUT2D eigenvalue weighted by atomic mass is 10.7. The minimum Gasteiger partial charge on any atom is -0.390 e. The average molecular weight is 297 g/mol. The zero-order chi connectivity index (χ0) is 11.3. The Labute approximate surface area is 99.5 Å². The summed E-state index contributed by atoms with van der Waals surface area (Å²) >= 11 is 7.04. The van der Waals surface area contributed by atoms with Gasteiger partial charge in [-0.1, -0.05) is 0 Å². The van der Waals surface area contributed by atoms with Crippen molar-refractivity contribution in [3.63, 3.8) is 0 Å². The molecule has 84 valence electrons. The van der Waals surface area contributed by atoms with Gasteiger partial charge < -0.3 is 14.9 Å². The van der Waals surface area contributed by atoms with E-state index in [9.17, 15) is 10.1 Å². The Balaban J connectivity index is 2.50. The number of rotatable bonds is 6. The predicted molar refractivity (Wildman–Crippen MR) is 59.0 cm³/mol. The number of hydrogen-bond donors (Lipinski definition) is 1. The lowest BCUT2D eigenvalue weighted by Crippen LogP contribution is -2.09. The highest BCUT2D eigenvalue weighted by Crippen LogP contribution is 2.11. The van der Waals surface area contributed by atoms with Gasteiger partial charge >= 0.3 is 5.95 Å². The van der Waals surface area contributed by atoms with E-state index in [1.54, 1.807) is 0 Å². The highest BCUT2D eigenvalue weighted by atomic mass is 79.9. The van der Waals surface area contributed by atoms with Crippen molar-refractivity contribution in [2.24, 2.45) is 0 Å². The Bertz CT molecular complexity index is 345. The first-order valence-electron chi connectivity index (χ1n) is 4.08. The summed E-state index contributed by atoms with van der Waals surface area (Å²) in [6, 6.07) is 0. The van der Waals surface area contributed by atoms with Crippen LogP contribution in [0, 0.1) is 10.1 Å². The van der Waals surface area contributed by atoms with Gasteiger partial charge in [0.05, 0.1) is 19.8 Å². The molecule has 0 saturated carbocycles. The molecule has 1 heterocycles. The molecule has 1 aromatic heterocycles. The molecular weight excluding hydrogens is 288 g/mol. The van der Waals surface area contributed by atoms with Crippen molar-refractivity contribution in [1.82, 2.24) is 14.8 Å². The predicted octanol–water partition coefficient (Wildman–Crippen LogP) is 0.895. The fourth-order valence-corrected chi connectivity index (χ4v) is 1.39. The number of aromatic nitrogens is 3. The fourth-order valence-electron chi connectivity index (χ4n) is 0.849. The first-order chi connectivity index (χ1) is 7.15. The van der Waals surface area contributed by atoms with E-state index in [1.165, 1.54) is 4.68 Å². The van der Waals surface area contributed by atoms with Gasteiger partial charge in [-0.15, -0.1) is 0 Å². The van der Waals surface area contributed by atoms with Crippen LogP contribution >= 0.6 is 28.6 Å². The van der Waals surface area contributed by atoms with Gasteiger partial charge in [0.15, 0.2) is 0 Å². The number of thiol groups is 1. The smallest absolute Gasteiger partial charge is 0.390 e. The molecule has 0 aliphatic heterocycles. The second kappa shape index (κ2) is 6.03. The molecule has 0 aliphatic carbocycles. The summed E-state index contributed by atoms with van der Waals surface area (Å²) in [7, 11) is 0. The van der Waals surface area contributed by atoms with Crippen LogP contribution in [0.3, 0.4) is 0 Å². The summed E-state index contributed by atoms with van der Waals surface area (Å²) in [5, 5.41) is 14.0. The van der Waals surface area contributed by atoms with E-state index >= 15 is 0 Å². The number of ether oxygens (including phenoxy) is 1. The number of hydrogen-bond acceptors (Lipinski definition) is 6. The molecular formula is C6H9BrN4O3S. The molecule has 7 nitrogen and oxygen atoms in total. The summed E-state index contributed by atoms with van der Waals surface area (Å²) in [5.74, 6) is 0.217. The lowest BCUT2D eigenvalue weighted by molar-refractivity contribution is -0.394. The standard InChI is InChI=1S/C6H9BrN4O3S/c7-5-8-6(11(12)13)9-10(5)1-2-14-3-4-15/h15H,1-4H2. The van der Waals surface area contributed by atoms with Gasteiger partial charge in [-0.3, -0.25) is 0 Å². The quantitative estimate of drug-likeness (QED) is 0.365. The highest BCUT2D eigenvalue weighted by Gasteiger charge is 2.18. The zero-order valence-corrected chi connectivity index (χ0v) is 10.1. The minimum absolute atomic E-state index is 0.323. The molecule has 0 bridgehead atoms. The third kappa shape index (κ3) is 3.76. The van der Waals surface area contributed by atoms with E-state index < -0.39 is 10.9 Å². The van der Waals surface area contributed by atoms with Crippen molar-refractivity contribution in [3.8, 4) is 0 Å². The maximum absolute atomic E-state index is 10.3. The Morgan fingerprint density at radius 1 is 1.60 bits per heavy atom. The molecule has 1 aromatic rings. The van der Waals surface area contributed by atoms with E-state index in [1.807, 2.05) is 0 Å². The first kappa shape index (κ1) is 12.4. The topological polar surface area (TPSA) is 83.1 Å². The molecule has 0 aliphatic rings. The van der Waals surface area contributed by atoms with Crippen LogP contribution in [0.4, 0.5) is 5.95 Å². The number of nitrogens with zero attached hydrogens (tertiary/aromatic N) is 4. The summed E-state index contributed by atoms with van der Waals surface area (Å²) in [6.45, 7) is 1.37. The molecule has 0 aromatic carbocycles. The fraction of sp³-hybridized carbons (Fsp3) is 0.667. The number of halogens is 1. The van der Waals surface area contributed by atoms with Crippen LogP contribution in [-0.4, -0.2) is 38.7 Å². The first-order valence-corrected chi connectivity index (χ1v) is 5.51. The van der Waals surface area contributed by atoms with Crippen LogP contribution < -0.4 is 0 Å². The largest absolute Gasteiger partial charge is 0.492 e. The number of nitro groups is 1. The van der Waals surface area contributed by atoms with E-state index in [-0.39, 0.29) is 0 Å². The monoisotopic (exact) mass is 296 g/mol. The molecule has 0 amide bonds. The molecule has 0 spiro atoms.